The Labute approximate surface area is 208 Å². The van der Waals surface area contributed by atoms with Crippen LogP contribution >= 0.6 is 11.6 Å². The average Bonchev–Trinajstić information content (AvgIpc) is 2.86. The first-order chi connectivity index (χ1) is 17.2. The fourth-order valence-electron chi connectivity index (χ4n) is 3.59. The second-order valence-electron chi connectivity index (χ2n) is 7.73. The maximum Gasteiger partial charge on any atom is 0.419 e. The van der Waals surface area contributed by atoms with E-state index in [4.69, 9.17) is 16.3 Å². The van der Waals surface area contributed by atoms with Gasteiger partial charge < -0.3 is 20.3 Å². The SMILES string of the molecule is C=CC(=O)Nc1cc(-c2nc(Nc3ccc(Cl)c(N4CCOCC4)c3)ncc2C(F)(F)F)ccc1F. The summed E-state index contributed by atoms with van der Waals surface area (Å²) in [6, 6.07) is 8.20. The lowest BCUT2D eigenvalue weighted by Gasteiger charge is -2.30. The first-order valence-corrected chi connectivity index (χ1v) is 11.1. The standard InChI is InChI=1S/C24H20ClF4N5O2/c1-2-21(35)32-19-11-14(3-6-18(19)26)22-16(24(27,28)29)13-30-23(33-22)31-15-4-5-17(25)20(12-15)34-7-9-36-10-8-34/h2-6,11-13H,1,7-10H2,(H,32,35)(H,30,31,33). The van der Waals surface area contributed by atoms with Crippen molar-refractivity contribution in [1.82, 2.24) is 9.97 Å². The van der Waals surface area contributed by atoms with Crippen molar-refractivity contribution in [2.45, 2.75) is 6.18 Å². The maximum absolute atomic E-state index is 14.2. The van der Waals surface area contributed by atoms with E-state index in [1.165, 1.54) is 0 Å². The lowest BCUT2D eigenvalue weighted by Crippen LogP contribution is -2.36. The van der Waals surface area contributed by atoms with Crippen LogP contribution < -0.4 is 15.5 Å². The Balaban J connectivity index is 1.71. The van der Waals surface area contributed by atoms with Gasteiger partial charge in [0.15, 0.2) is 0 Å². The van der Waals surface area contributed by atoms with Crippen LogP contribution in [0.15, 0.2) is 55.3 Å². The van der Waals surface area contributed by atoms with Gasteiger partial charge >= 0.3 is 6.18 Å². The van der Waals surface area contributed by atoms with Crippen LogP contribution in [0.2, 0.25) is 5.02 Å². The first kappa shape index (κ1) is 25.4. The van der Waals surface area contributed by atoms with Gasteiger partial charge in [0.2, 0.25) is 11.9 Å². The van der Waals surface area contributed by atoms with E-state index in [0.717, 1.165) is 30.0 Å². The summed E-state index contributed by atoms with van der Waals surface area (Å²) in [5.41, 5.74) is -0.754. The Morgan fingerprint density at radius 2 is 1.92 bits per heavy atom. The van der Waals surface area contributed by atoms with Gasteiger partial charge in [0, 0.05) is 30.5 Å². The van der Waals surface area contributed by atoms with Gasteiger partial charge in [0.25, 0.3) is 0 Å². The number of carbonyl (C=O) groups excluding carboxylic acids is 1. The molecule has 36 heavy (non-hydrogen) atoms. The fraction of sp³-hybridized carbons (Fsp3) is 0.208. The molecule has 188 valence electrons. The van der Waals surface area contributed by atoms with Crippen LogP contribution in [0, 0.1) is 5.82 Å². The normalized spacial score (nSPS) is 13.9. The topological polar surface area (TPSA) is 79.4 Å². The summed E-state index contributed by atoms with van der Waals surface area (Å²) < 4.78 is 60.8. The molecule has 0 radical (unpaired) electrons. The summed E-state index contributed by atoms with van der Waals surface area (Å²) >= 11 is 6.35. The zero-order chi connectivity index (χ0) is 25.9. The summed E-state index contributed by atoms with van der Waals surface area (Å²) in [4.78, 5) is 21.5. The highest BCUT2D eigenvalue weighted by atomic mass is 35.5. The number of halogens is 5. The van der Waals surface area contributed by atoms with Gasteiger partial charge in [0.05, 0.1) is 35.3 Å². The van der Waals surface area contributed by atoms with E-state index in [0.29, 0.717) is 43.2 Å². The molecule has 2 heterocycles. The van der Waals surface area contributed by atoms with Crippen molar-refractivity contribution in [1.29, 1.82) is 0 Å². The minimum atomic E-state index is -4.78. The highest BCUT2D eigenvalue weighted by Crippen LogP contribution is 2.38. The smallest absolute Gasteiger partial charge is 0.378 e. The van der Waals surface area contributed by atoms with E-state index in [1.54, 1.807) is 18.2 Å². The van der Waals surface area contributed by atoms with Gasteiger partial charge in [0.1, 0.15) is 11.4 Å². The number of hydrogen-bond acceptors (Lipinski definition) is 6. The van der Waals surface area contributed by atoms with Crippen LogP contribution in [0.3, 0.4) is 0 Å². The highest BCUT2D eigenvalue weighted by molar-refractivity contribution is 6.33. The van der Waals surface area contributed by atoms with E-state index < -0.39 is 29.2 Å². The monoisotopic (exact) mass is 521 g/mol. The number of benzene rings is 2. The molecule has 2 aromatic carbocycles. The lowest BCUT2D eigenvalue weighted by molar-refractivity contribution is -0.137. The van der Waals surface area contributed by atoms with Gasteiger partial charge in [-0.05, 0) is 42.5 Å². The van der Waals surface area contributed by atoms with Crippen LogP contribution in [0.4, 0.5) is 40.6 Å². The molecule has 1 aromatic heterocycles. The molecule has 1 saturated heterocycles. The van der Waals surface area contributed by atoms with Crippen LogP contribution in [0.25, 0.3) is 11.3 Å². The molecule has 3 aromatic rings. The quantitative estimate of drug-likeness (QED) is 0.322. The number of nitrogens with one attached hydrogen (secondary N) is 2. The van der Waals surface area contributed by atoms with E-state index in [9.17, 15) is 22.4 Å². The Morgan fingerprint density at radius 1 is 1.17 bits per heavy atom. The van der Waals surface area contributed by atoms with Crippen molar-refractivity contribution >= 4 is 40.5 Å². The Morgan fingerprint density at radius 3 is 2.61 bits per heavy atom. The third kappa shape index (κ3) is 5.74. The van der Waals surface area contributed by atoms with E-state index in [1.807, 2.05) is 4.90 Å². The zero-order valence-corrected chi connectivity index (χ0v) is 19.5. The number of rotatable bonds is 6. The molecule has 0 bridgehead atoms. The average molecular weight is 522 g/mol. The molecule has 1 aliphatic rings. The number of anilines is 4. The molecule has 1 fully saturated rings. The molecule has 0 saturated carbocycles. The number of morpholine rings is 1. The fourth-order valence-corrected chi connectivity index (χ4v) is 3.82. The van der Waals surface area contributed by atoms with Gasteiger partial charge in [-0.3, -0.25) is 4.79 Å². The molecule has 7 nitrogen and oxygen atoms in total. The summed E-state index contributed by atoms with van der Waals surface area (Å²) in [6.07, 6.45) is -3.22. The second kappa shape index (κ2) is 10.5. The summed E-state index contributed by atoms with van der Waals surface area (Å²) in [5, 5.41) is 5.64. The molecule has 1 amide bonds. The Hall–Kier alpha value is -3.70. The second-order valence-corrected chi connectivity index (χ2v) is 8.14. The molecule has 0 atom stereocenters. The van der Waals surface area contributed by atoms with Crippen LogP contribution in [0.1, 0.15) is 5.56 Å². The predicted molar refractivity (Wildman–Crippen MR) is 129 cm³/mol. The molecular formula is C24H20ClF4N5O2. The molecule has 12 heteroatoms. The lowest BCUT2D eigenvalue weighted by atomic mass is 10.1. The van der Waals surface area contributed by atoms with Crippen molar-refractivity contribution in [2.75, 3.05) is 41.8 Å². The van der Waals surface area contributed by atoms with E-state index in [-0.39, 0.29) is 17.2 Å². The third-order valence-electron chi connectivity index (χ3n) is 5.33. The van der Waals surface area contributed by atoms with Gasteiger partial charge in [-0.1, -0.05) is 18.2 Å². The summed E-state index contributed by atoms with van der Waals surface area (Å²) in [5.74, 6) is -1.66. The van der Waals surface area contributed by atoms with Gasteiger partial charge in [-0.2, -0.15) is 13.2 Å². The largest absolute Gasteiger partial charge is 0.419 e. The summed E-state index contributed by atoms with van der Waals surface area (Å²) in [6.45, 7) is 5.65. The Bertz CT molecular complexity index is 1300. The summed E-state index contributed by atoms with van der Waals surface area (Å²) in [7, 11) is 0. The molecule has 1 aliphatic heterocycles. The van der Waals surface area contributed by atoms with Crippen molar-refractivity contribution in [3.8, 4) is 11.3 Å². The number of amides is 1. The van der Waals surface area contributed by atoms with Crippen molar-refractivity contribution < 1.29 is 27.1 Å². The minimum Gasteiger partial charge on any atom is -0.378 e. The predicted octanol–water partition coefficient (Wildman–Crippen LogP) is 5.66. The highest BCUT2D eigenvalue weighted by Gasteiger charge is 2.35. The molecule has 4 rings (SSSR count). The Kier molecular flexibility index (Phi) is 7.41. The zero-order valence-electron chi connectivity index (χ0n) is 18.7. The van der Waals surface area contributed by atoms with Crippen molar-refractivity contribution in [3.05, 3.63) is 71.7 Å². The van der Waals surface area contributed by atoms with E-state index in [2.05, 4.69) is 27.2 Å². The third-order valence-corrected chi connectivity index (χ3v) is 5.65. The maximum atomic E-state index is 14.2. The minimum absolute atomic E-state index is 0.0707. The molecule has 0 spiro atoms. The molecule has 0 unspecified atom stereocenters. The van der Waals surface area contributed by atoms with Crippen molar-refractivity contribution in [2.24, 2.45) is 0 Å². The number of alkyl halides is 3. The van der Waals surface area contributed by atoms with Crippen molar-refractivity contribution in [3.63, 3.8) is 0 Å². The number of carbonyl (C=O) groups is 1. The number of nitrogens with zero attached hydrogens (tertiary/aromatic N) is 3. The van der Waals surface area contributed by atoms with E-state index >= 15 is 0 Å². The molecule has 2 N–H and O–H groups in total. The molecule has 0 aliphatic carbocycles. The van der Waals surface area contributed by atoms with Gasteiger partial charge in [-0.15, -0.1) is 0 Å². The van der Waals surface area contributed by atoms with Crippen LogP contribution in [-0.2, 0) is 15.7 Å². The molecular weight excluding hydrogens is 502 g/mol. The first-order valence-electron chi connectivity index (χ1n) is 10.7. The van der Waals surface area contributed by atoms with Crippen LogP contribution in [-0.4, -0.2) is 42.2 Å². The number of aromatic nitrogens is 2. The number of ether oxygens (including phenoxy) is 1. The van der Waals surface area contributed by atoms with Crippen LogP contribution in [0.5, 0.6) is 0 Å². The van der Waals surface area contributed by atoms with Gasteiger partial charge in [-0.25, -0.2) is 14.4 Å². The number of hydrogen-bond donors (Lipinski definition) is 2.